The molecule has 0 saturated carbocycles. The number of amides is 1. The van der Waals surface area contributed by atoms with E-state index in [-0.39, 0.29) is 15.6 Å². The summed E-state index contributed by atoms with van der Waals surface area (Å²) >= 11 is 6.47. The molecule has 0 aromatic heterocycles. The number of rotatable bonds is 4. The SMILES string of the molecule is CC(C)(C)c1ccc(/C=C2/SC(=S)N(C(C(=O)O)c3ccccc3)C2=O)cc1. The van der Waals surface area contributed by atoms with Crippen molar-refractivity contribution in [3.05, 3.63) is 76.2 Å². The van der Waals surface area contributed by atoms with Crippen molar-refractivity contribution in [1.82, 2.24) is 4.90 Å². The molecule has 4 nitrogen and oxygen atoms in total. The molecule has 2 aromatic rings. The molecule has 6 heteroatoms. The maximum absolute atomic E-state index is 13.0. The molecule has 144 valence electrons. The van der Waals surface area contributed by atoms with Gasteiger partial charge in [-0.25, -0.2) is 4.79 Å². The number of thioether (sulfide) groups is 1. The van der Waals surface area contributed by atoms with Crippen molar-refractivity contribution in [1.29, 1.82) is 0 Å². The average molecular weight is 412 g/mol. The van der Waals surface area contributed by atoms with Gasteiger partial charge >= 0.3 is 5.97 Å². The van der Waals surface area contributed by atoms with E-state index in [4.69, 9.17) is 12.2 Å². The minimum absolute atomic E-state index is 0.0480. The molecule has 1 fully saturated rings. The topological polar surface area (TPSA) is 57.6 Å². The van der Waals surface area contributed by atoms with Crippen LogP contribution in [0.3, 0.4) is 0 Å². The Kier molecular flexibility index (Phi) is 5.72. The number of hydrogen-bond donors (Lipinski definition) is 1. The second-order valence-electron chi connectivity index (χ2n) is 7.58. The van der Waals surface area contributed by atoms with E-state index >= 15 is 0 Å². The predicted octanol–water partition coefficient (Wildman–Crippen LogP) is 5.01. The summed E-state index contributed by atoms with van der Waals surface area (Å²) in [5.41, 5.74) is 2.64. The van der Waals surface area contributed by atoms with Crippen molar-refractivity contribution in [2.45, 2.75) is 32.2 Å². The average Bonchev–Trinajstić information content (AvgIpc) is 2.90. The van der Waals surface area contributed by atoms with Crippen LogP contribution in [0.4, 0.5) is 0 Å². The highest BCUT2D eigenvalue weighted by Gasteiger charge is 2.41. The largest absolute Gasteiger partial charge is 0.479 e. The number of hydrogen-bond acceptors (Lipinski definition) is 4. The molecule has 1 atom stereocenters. The van der Waals surface area contributed by atoms with Gasteiger partial charge in [0.25, 0.3) is 5.91 Å². The summed E-state index contributed by atoms with van der Waals surface area (Å²) in [7, 11) is 0. The highest BCUT2D eigenvalue weighted by molar-refractivity contribution is 8.26. The van der Waals surface area contributed by atoms with E-state index in [1.54, 1.807) is 36.4 Å². The van der Waals surface area contributed by atoms with Gasteiger partial charge in [-0.05, 0) is 28.2 Å². The van der Waals surface area contributed by atoms with Crippen LogP contribution in [-0.2, 0) is 15.0 Å². The van der Waals surface area contributed by atoms with Gasteiger partial charge in [0.2, 0.25) is 0 Å². The van der Waals surface area contributed by atoms with Gasteiger partial charge in [-0.1, -0.05) is 99.3 Å². The molecule has 0 aliphatic carbocycles. The van der Waals surface area contributed by atoms with E-state index < -0.39 is 12.0 Å². The van der Waals surface area contributed by atoms with Crippen LogP contribution < -0.4 is 0 Å². The number of benzene rings is 2. The zero-order valence-corrected chi connectivity index (χ0v) is 17.5. The lowest BCUT2D eigenvalue weighted by Crippen LogP contribution is -2.37. The van der Waals surface area contributed by atoms with Gasteiger partial charge in [0.05, 0.1) is 4.91 Å². The first kappa shape index (κ1) is 20.3. The lowest BCUT2D eigenvalue weighted by Gasteiger charge is -2.23. The number of carbonyl (C=O) groups is 2. The molecule has 0 bridgehead atoms. The highest BCUT2D eigenvalue weighted by atomic mass is 32.2. The zero-order chi connectivity index (χ0) is 20.5. The second kappa shape index (κ2) is 7.89. The fourth-order valence-electron chi connectivity index (χ4n) is 2.97. The molecule has 1 saturated heterocycles. The number of carboxylic acids is 1. The highest BCUT2D eigenvalue weighted by Crippen LogP contribution is 2.38. The molecule has 1 unspecified atom stereocenters. The van der Waals surface area contributed by atoms with Crippen molar-refractivity contribution in [2.75, 3.05) is 0 Å². The van der Waals surface area contributed by atoms with Gasteiger partial charge in [0, 0.05) is 0 Å². The first-order valence-corrected chi connectivity index (χ1v) is 10.1. The van der Waals surface area contributed by atoms with Gasteiger partial charge in [-0.3, -0.25) is 9.69 Å². The van der Waals surface area contributed by atoms with E-state index in [0.717, 1.165) is 17.3 Å². The standard InChI is InChI=1S/C22H21NO3S2/c1-22(2,3)16-11-9-14(10-12-16)13-17-19(24)23(21(27)28-17)18(20(25)26)15-7-5-4-6-8-15/h4-13,18H,1-3H3,(H,25,26)/b17-13+. The van der Waals surface area contributed by atoms with Gasteiger partial charge in [-0.15, -0.1) is 0 Å². The van der Waals surface area contributed by atoms with E-state index in [1.807, 2.05) is 24.3 Å². The number of thiocarbonyl (C=S) groups is 1. The van der Waals surface area contributed by atoms with E-state index in [2.05, 4.69) is 20.8 Å². The zero-order valence-electron chi connectivity index (χ0n) is 15.9. The molecule has 3 rings (SSSR count). The monoisotopic (exact) mass is 411 g/mol. The second-order valence-corrected chi connectivity index (χ2v) is 9.25. The third kappa shape index (κ3) is 4.18. The summed E-state index contributed by atoms with van der Waals surface area (Å²) in [5.74, 6) is -1.50. The molecule has 1 aliphatic heterocycles. The quantitative estimate of drug-likeness (QED) is 0.566. The fourth-order valence-corrected chi connectivity index (χ4v) is 4.28. The Morgan fingerprint density at radius 2 is 1.71 bits per heavy atom. The molecule has 28 heavy (non-hydrogen) atoms. The number of nitrogens with zero attached hydrogens (tertiary/aromatic N) is 1. The lowest BCUT2D eigenvalue weighted by molar-refractivity contribution is -0.145. The fraction of sp³-hybridized carbons (Fsp3) is 0.227. The van der Waals surface area contributed by atoms with Crippen LogP contribution in [0.1, 0.15) is 43.5 Å². The molecular weight excluding hydrogens is 390 g/mol. The molecular formula is C22H21NO3S2. The maximum Gasteiger partial charge on any atom is 0.331 e. The number of carbonyl (C=O) groups excluding carboxylic acids is 1. The van der Waals surface area contributed by atoms with Crippen molar-refractivity contribution < 1.29 is 14.7 Å². The summed E-state index contributed by atoms with van der Waals surface area (Å²) in [4.78, 5) is 26.5. The summed E-state index contributed by atoms with van der Waals surface area (Å²) in [6, 6.07) is 15.5. The van der Waals surface area contributed by atoms with Crippen molar-refractivity contribution in [2.24, 2.45) is 0 Å². The molecule has 1 heterocycles. The molecule has 1 amide bonds. The Hall–Kier alpha value is -2.44. The first-order chi connectivity index (χ1) is 13.2. The van der Waals surface area contributed by atoms with Crippen LogP contribution in [-0.4, -0.2) is 26.2 Å². The summed E-state index contributed by atoms with van der Waals surface area (Å²) in [6.07, 6.45) is 1.76. The van der Waals surface area contributed by atoms with Gasteiger partial charge in [-0.2, -0.15) is 0 Å². The molecule has 2 aromatic carbocycles. The molecule has 1 N–H and O–H groups in total. The van der Waals surface area contributed by atoms with E-state index in [9.17, 15) is 14.7 Å². The van der Waals surface area contributed by atoms with Crippen LogP contribution in [0.15, 0.2) is 59.5 Å². The maximum atomic E-state index is 13.0. The normalized spacial score (nSPS) is 17.2. The van der Waals surface area contributed by atoms with Crippen LogP contribution in [0.2, 0.25) is 0 Å². The van der Waals surface area contributed by atoms with Crippen LogP contribution in [0.25, 0.3) is 6.08 Å². The third-order valence-corrected chi connectivity index (χ3v) is 5.84. The Morgan fingerprint density at radius 1 is 1.11 bits per heavy atom. The smallest absolute Gasteiger partial charge is 0.331 e. The molecule has 1 aliphatic rings. The minimum atomic E-state index is -1.14. The Morgan fingerprint density at radius 3 is 2.25 bits per heavy atom. The van der Waals surface area contributed by atoms with Crippen molar-refractivity contribution >= 4 is 46.3 Å². The Balaban J connectivity index is 1.90. The van der Waals surface area contributed by atoms with Crippen LogP contribution >= 0.6 is 24.0 Å². The van der Waals surface area contributed by atoms with Crippen molar-refractivity contribution in [3.63, 3.8) is 0 Å². The first-order valence-electron chi connectivity index (χ1n) is 8.84. The van der Waals surface area contributed by atoms with E-state index in [0.29, 0.717) is 10.5 Å². The summed E-state index contributed by atoms with van der Waals surface area (Å²) in [5, 5.41) is 9.72. The van der Waals surface area contributed by atoms with E-state index in [1.165, 1.54) is 10.5 Å². The predicted molar refractivity (Wildman–Crippen MR) is 117 cm³/mol. The van der Waals surface area contributed by atoms with Crippen LogP contribution in [0.5, 0.6) is 0 Å². The summed E-state index contributed by atoms with van der Waals surface area (Å²) < 4.78 is 0.249. The molecule has 0 radical (unpaired) electrons. The van der Waals surface area contributed by atoms with Gasteiger partial charge in [0.1, 0.15) is 4.32 Å². The van der Waals surface area contributed by atoms with Crippen LogP contribution in [0, 0.1) is 0 Å². The van der Waals surface area contributed by atoms with Gasteiger partial charge < -0.3 is 5.11 Å². The lowest BCUT2D eigenvalue weighted by atomic mass is 9.87. The molecule has 0 spiro atoms. The van der Waals surface area contributed by atoms with Gasteiger partial charge in [0.15, 0.2) is 6.04 Å². The summed E-state index contributed by atoms with van der Waals surface area (Å²) in [6.45, 7) is 6.42. The Labute approximate surface area is 174 Å². The van der Waals surface area contributed by atoms with Crippen molar-refractivity contribution in [3.8, 4) is 0 Å². The Bertz CT molecular complexity index is 944. The third-order valence-electron chi connectivity index (χ3n) is 4.51. The minimum Gasteiger partial charge on any atom is -0.479 e. The number of carboxylic acid groups (broad SMARTS) is 1. The number of aliphatic carboxylic acids is 1.